The van der Waals surface area contributed by atoms with Crippen LogP contribution in [-0.2, 0) is 17.8 Å². The van der Waals surface area contributed by atoms with E-state index < -0.39 is 0 Å². The van der Waals surface area contributed by atoms with E-state index in [-0.39, 0.29) is 5.41 Å². The third-order valence-corrected chi connectivity index (χ3v) is 6.42. The van der Waals surface area contributed by atoms with Crippen LogP contribution >= 0.6 is 11.3 Å². The summed E-state index contributed by atoms with van der Waals surface area (Å²) in [5.41, 5.74) is 2.32. The molecule has 0 N–H and O–H groups in total. The van der Waals surface area contributed by atoms with Crippen LogP contribution in [0.2, 0.25) is 0 Å². The average molecular weight is 356 g/mol. The molecule has 2 saturated heterocycles. The van der Waals surface area contributed by atoms with E-state index in [9.17, 15) is 4.79 Å². The smallest absolute Gasteiger partial charge is 0.230 e. The van der Waals surface area contributed by atoms with Crippen molar-refractivity contribution in [3.05, 3.63) is 52.0 Å². The highest BCUT2D eigenvalue weighted by molar-refractivity contribution is 7.09. The molecule has 25 heavy (non-hydrogen) atoms. The van der Waals surface area contributed by atoms with Crippen LogP contribution < -0.4 is 0 Å². The predicted molar refractivity (Wildman–Crippen MR) is 101 cm³/mol. The summed E-state index contributed by atoms with van der Waals surface area (Å²) in [6.07, 6.45) is 2.95. The van der Waals surface area contributed by atoms with Gasteiger partial charge in [-0.3, -0.25) is 9.69 Å². The highest BCUT2D eigenvalue weighted by Gasteiger charge is 2.50. The number of carbonyl (C=O) groups is 1. The molecule has 1 aromatic carbocycles. The number of thiazole rings is 1. The minimum Gasteiger partial charge on any atom is -0.342 e. The molecule has 0 saturated carbocycles. The van der Waals surface area contributed by atoms with Crippen LogP contribution in [0.25, 0.3) is 0 Å². The van der Waals surface area contributed by atoms with E-state index in [1.807, 2.05) is 13.0 Å². The molecule has 1 amide bonds. The Morgan fingerprint density at radius 2 is 2.00 bits per heavy atom. The molecule has 1 atom stereocenters. The topological polar surface area (TPSA) is 36.4 Å². The lowest BCUT2D eigenvalue weighted by molar-refractivity contribution is -0.135. The van der Waals surface area contributed by atoms with E-state index in [0.717, 1.165) is 62.7 Å². The molecule has 1 aromatic heterocycles. The zero-order valence-corrected chi connectivity index (χ0v) is 15.6. The number of nitrogens with zero attached hydrogens (tertiary/aromatic N) is 3. The Bertz CT molecular complexity index is 744. The second kappa shape index (κ2) is 6.89. The van der Waals surface area contributed by atoms with Crippen LogP contribution in [0.15, 0.2) is 35.7 Å². The Labute approximate surface area is 153 Å². The number of rotatable bonds is 5. The molecule has 5 heteroatoms. The summed E-state index contributed by atoms with van der Waals surface area (Å²) in [4.78, 5) is 22.1. The summed E-state index contributed by atoms with van der Waals surface area (Å²) in [5.74, 6) is 0.375. The van der Waals surface area contributed by atoms with Crippen molar-refractivity contribution in [2.24, 2.45) is 5.41 Å². The van der Waals surface area contributed by atoms with Gasteiger partial charge in [-0.1, -0.05) is 30.3 Å². The number of aryl methyl sites for hydroxylation is 1. The molecule has 4 nitrogen and oxygen atoms in total. The molecule has 2 fully saturated rings. The Morgan fingerprint density at radius 1 is 1.20 bits per heavy atom. The van der Waals surface area contributed by atoms with Gasteiger partial charge in [0.25, 0.3) is 0 Å². The molecular weight excluding hydrogens is 330 g/mol. The summed E-state index contributed by atoms with van der Waals surface area (Å²) in [6.45, 7) is 6.58. The van der Waals surface area contributed by atoms with Crippen molar-refractivity contribution >= 4 is 17.2 Å². The molecule has 4 rings (SSSR count). The zero-order chi connectivity index (χ0) is 17.3. The van der Waals surface area contributed by atoms with Crippen LogP contribution in [-0.4, -0.2) is 46.9 Å². The lowest BCUT2D eigenvalue weighted by atomic mass is 9.85. The Morgan fingerprint density at radius 3 is 2.76 bits per heavy atom. The molecule has 2 aliphatic heterocycles. The van der Waals surface area contributed by atoms with Gasteiger partial charge < -0.3 is 4.90 Å². The van der Waals surface area contributed by atoms with Crippen molar-refractivity contribution in [2.75, 3.05) is 26.2 Å². The summed E-state index contributed by atoms with van der Waals surface area (Å²) < 4.78 is 0. The van der Waals surface area contributed by atoms with Gasteiger partial charge in [-0.2, -0.15) is 0 Å². The third-order valence-electron chi connectivity index (χ3n) is 5.60. The van der Waals surface area contributed by atoms with Crippen LogP contribution in [0.1, 0.15) is 29.1 Å². The summed E-state index contributed by atoms with van der Waals surface area (Å²) in [5, 5.41) is 3.26. The van der Waals surface area contributed by atoms with E-state index in [0.29, 0.717) is 5.91 Å². The van der Waals surface area contributed by atoms with Crippen molar-refractivity contribution in [1.82, 2.24) is 14.8 Å². The third kappa shape index (κ3) is 3.48. The predicted octanol–water partition coefficient (Wildman–Crippen LogP) is 3.12. The zero-order valence-electron chi connectivity index (χ0n) is 14.8. The second-order valence-electron chi connectivity index (χ2n) is 7.38. The molecule has 2 aromatic rings. The summed E-state index contributed by atoms with van der Waals surface area (Å²) >= 11 is 1.70. The first kappa shape index (κ1) is 16.7. The van der Waals surface area contributed by atoms with Crippen molar-refractivity contribution in [1.29, 1.82) is 0 Å². The number of carbonyl (C=O) groups excluding carboxylic acids is 1. The maximum atomic E-state index is 13.0. The maximum absolute atomic E-state index is 13.0. The first-order valence-electron chi connectivity index (χ1n) is 9.11. The molecule has 1 spiro atoms. The van der Waals surface area contributed by atoms with Gasteiger partial charge in [0.2, 0.25) is 5.91 Å². The highest BCUT2D eigenvalue weighted by atomic mass is 32.1. The minimum absolute atomic E-state index is 0.137. The number of likely N-dealkylation sites (tertiary alicyclic amines) is 2. The molecule has 3 heterocycles. The van der Waals surface area contributed by atoms with E-state index in [1.165, 1.54) is 5.56 Å². The Hall–Kier alpha value is -1.72. The minimum atomic E-state index is -0.137. The molecule has 0 bridgehead atoms. The van der Waals surface area contributed by atoms with Crippen molar-refractivity contribution < 1.29 is 4.79 Å². The lowest BCUT2D eigenvalue weighted by Crippen LogP contribution is -2.37. The van der Waals surface area contributed by atoms with Gasteiger partial charge in [-0.15, -0.1) is 11.3 Å². The number of amides is 1. The first-order valence-corrected chi connectivity index (χ1v) is 9.99. The first-order chi connectivity index (χ1) is 12.1. The standard InChI is InChI=1S/C20H25N3OS/c1-16-21-18(14-25-16)13-22-11-8-20(15-22)9-12-23(19(20)24)10-7-17-5-3-2-4-6-17/h2-6,14H,7-13,15H2,1H3. The number of benzene rings is 1. The SMILES string of the molecule is Cc1nc(CN2CCC3(CCN(CCc4ccccc4)C3=O)C2)cs1. The van der Waals surface area contributed by atoms with E-state index in [1.54, 1.807) is 11.3 Å². The largest absolute Gasteiger partial charge is 0.342 e. The van der Waals surface area contributed by atoms with Gasteiger partial charge in [0.15, 0.2) is 0 Å². The van der Waals surface area contributed by atoms with Crippen LogP contribution in [0, 0.1) is 12.3 Å². The number of hydrogen-bond acceptors (Lipinski definition) is 4. The molecule has 0 aliphatic carbocycles. The fourth-order valence-corrected chi connectivity index (χ4v) is 4.80. The summed E-state index contributed by atoms with van der Waals surface area (Å²) in [7, 11) is 0. The van der Waals surface area contributed by atoms with Crippen LogP contribution in [0.5, 0.6) is 0 Å². The quantitative estimate of drug-likeness (QED) is 0.827. The van der Waals surface area contributed by atoms with Gasteiger partial charge in [0.05, 0.1) is 16.1 Å². The van der Waals surface area contributed by atoms with Crippen molar-refractivity contribution in [3.63, 3.8) is 0 Å². The van der Waals surface area contributed by atoms with Crippen molar-refractivity contribution in [2.45, 2.75) is 32.7 Å². The molecule has 132 valence electrons. The van der Waals surface area contributed by atoms with Crippen LogP contribution in [0.3, 0.4) is 0 Å². The Kier molecular flexibility index (Phi) is 4.61. The van der Waals surface area contributed by atoms with E-state index in [2.05, 4.69) is 44.4 Å². The molecular formula is C20H25N3OS. The number of aromatic nitrogens is 1. The summed E-state index contributed by atoms with van der Waals surface area (Å²) in [6, 6.07) is 10.5. The van der Waals surface area contributed by atoms with Gasteiger partial charge in [0.1, 0.15) is 0 Å². The second-order valence-corrected chi connectivity index (χ2v) is 8.44. The fraction of sp³-hybridized carbons (Fsp3) is 0.500. The van der Waals surface area contributed by atoms with E-state index >= 15 is 0 Å². The lowest BCUT2D eigenvalue weighted by Gasteiger charge is -2.23. The monoisotopic (exact) mass is 355 g/mol. The van der Waals surface area contributed by atoms with Crippen LogP contribution in [0.4, 0.5) is 0 Å². The molecule has 0 radical (unpaired) electrons. The van der Waals surface area contributed by atoms with Crippen molar-refractivity contribution in [3.8, 4) is 0 Å². The molecule has 1 unspecified atom stereocenters. The van der Waals surface area contributed by atoms with E-state index in [4.69, 9.17) is 0 Å². The fourth-order valence-electron chi connectivity index (χ4n) is 4.20. The Balaban J connectivity index is 1.34. The normalized spacial score (nSPS) is 23.9. The molecule has 2 aliphatic rings. The van der Waals surface area contributed by atoms with Gasteiger partial charge in [-0.05, 0) is 38.3 Å². The van der Waals surface area contributed by atoms with Gasteiger partial charge in [-0.25, -0.2) is 4.98 Å². The average Bonchev–Trinajstić information content (AvgIpc) is 3.30. The number of hydrogen-bond donors (Lipinski definition) is 0. The highest BCUT2D eigenvalue weighted by Crippen LogP contribution is 2.41. The van der Waals surface area contributed by atoms with Gasteiger partial charge >= 0.3 is 0 Å². The van der Waals surface area contributed by atoms with Gasteiger partial charge in [0, 0.05) is 31.6 Å². The maximum Gasteiger partial charge on any atom is 0.230 e.